The van der Waals surface area contributed by atoms with Crippen LogP contribution in [0.5, 0.6) is 0 Å². The molecule has 0 atom stereocenters. The van der Waals surface area contributed by atoms with E-state index < -0.39 is 47.2 Å². The molecule has 0 aliphatic carbocycles. The molecule has 1 heterocycles. The molecule has 0 aromatic heterocycles. The molecule has 0 spiro atoms. The highest BCUT2D eigenvalue weighted by Crippen LogP contribution is 2.82. The summed E-state index contributed by atoms with van der Waals surface area (Å²) in [5, 5.41) is -5.94. The van der Waals surface area contributed by atoms with Crippen LogP contribution in [-0.2, 0) is 13.7 Å². The summed E-state index contributed by atoms with van der Waals surface area (Å²) in [5.41, 5.74) is -6.75. The van der Waals surface area contributed by atoms with Gasteiger partial charge in [-0.1, -0.05) is 36.4 Å². The lowest BCUT2D eigenvalue weighted by atomic mass is 10.1. The molecule has 0 bridgehead atoms. The van der Waals surface area contributed by atoms with Gasteiger partial charge in [0.25, 0.3) is 0 Å². The highest BCUT2D eigenvalue weighted by Gasteiger charge is 2.74. The number of alkyl halides is 8. The lowest BCUT2D eigenvalue weighted by molar-refractivity contribution is -0.241. The second kappa shape index (κ2) is 6.07. The maximum atomic E-state index is 14.7. The van der Waals surface area contributed by atoms with Crippen molar-refractivity contribution in [1.82, 2.24) is 0 Å². The predicted molar refractivity (Wildman–Crippen MR) is 83.1 cm³/mol. The minimum absolute atomic E-state index is 0.269. The first-order chi connectivity index (χ1) is 12.7. The monoisotopic (exact) mass is 452 g/mol. The van der Waals surface area contributed by atoms with Crippen LogP contribution in [0.2, 0.25) is 0 Å². The Morgan fingerprint density at radius 2 is 1.11 bits per heavy atom. The first kappa shape index (κ1) is 20.9. The fourth-order valence-electron chi connectivity index (χ4n) is 2.73. The van der Waals surface area contributed by atoms with Gasteiger partial charge in [-0.25, -0.2) is 0 Å². The maximum Gasteiger partial charge on any atom is 0.523 e. The standard InChI is InChI=1S/C15H8F8O3S2/c16-13(17,18)14(19,20)27(26-28(24,25)15(21,22)23)11-7-3-1-5-9(11)10-6-2-4-8-12(10)27/h1-8H. The van der Waals surface area contributed by atoms with Gasteiger partial charge in [0, 0.05) is 20.1 Å². The summed E-state index contributed by atoms with van der Waals surface area (Å²) in [6.45, 7) is 0. The van der Waals surface area contributed by atoms with Gasteiger partial charge in [-0.2, -0.15) is 47.2 Å². The molecule has 1 aliphatic rings. The van der Waals surface area contributed by atoms with Crippen LogP contribution in [0.4, 0.5) is 35.1 Å². The Labute approximate surface area is 154 Å². The van der Waals surface area contributed by atoms with Crippen LogP contribution in [0.15, 0.2) is 58.3 Å². The third kappa shape index (κ3) is 2.70. The van der Waals surface area contributed by atoms with Gasteiger partial charge in [0.2, 0.25) is 0 Å². The molecule has 13 heteroatoms. The average molecular weight is 452 g/mol. The van der Waals surface area contributed by atoms with Gasteiger partial charge in [-0.05, 0) is 23.3 Å². The molecular formula is C15H8F8O3S2. The molecule has 2 aromatic carbocycles. The maximum absolute atomic E-state index is 14.7. The Kier molecular flexibility index (Phi) is 4.52. The molecular weight excluding hydrogens is 444 g/mol. The quantitative estimate of drug-likeness (QED) is 0.435. The summed E-state index contributed by atoms with van der Waals surface area (Å²) in [6.07, 6.45) is -6.39. The third-order valence-corrected chi connectivity index (χ3v) is 8.85. The van der Waals surface area contributed by atoms with E-state index in [-0.39, 0.29) is 11.1 Å². The van der Waals surface area contributed by atoms with Crippen molar-refractivity contribution in [3.63, 3.8) is 0 Å². The SMILES string of the molecule is O=S(=O)(OS1(C(F)(F)C(F)(F)F)c2ccccc2-c2ccccc21)C(F)(F)F. The second-order valence-electron chi connectivity index (χ2n) is 5.53. The van der Waals surface area contributed by atoms with Crippen LogP contribution in [0.25, 0.3) is 11.1 Å². The van der Waals surface area contributed by atoms with Crippen molar-refractivity contribution in [3.8, 4) is 11.1 Å². The van der Waals surface area contributed by atoms with E-state index in [0.717, 1.165) is 24.3 Å². The Balaban J connectivity index is 2.46. The topological polar surface area (TPSA) is 43.4 Å². The van der Waals surface area contributed by atoms with Crippen molar-refractivity contribution < 1.29 is 47.2 Å². The van der Waals surface area contributed by atoms with E-state index in [9.17, 15) is 43.5 Å². The summed E-state index contributed by atoms with van der Waals surface area (Å²) in [6, 6.07) is 8.12. The molecule has 3 nitrogen and oxygen atoms in total. The average Bonchev–Trinajstić information content (AvgIpc) is 2.85. The molecule has 0 unspecified atom stereocenters. The number of rotatable bonds is 3. The van der Waals surface area contributed by atoms with Gasteiger partial charge in [-0.3, -0.25) is 0 Å². The largest absolute Gasteiger partial charge is 0.523 e. The van der Waals surface area contributed by atoms with Gasteiger partial charge in [0.05, 0.1) is 0 Å². The van der Waals surface area contributed by atoms with Gasteiger partial charge < -0.3 is 0 Å². The zero-order valence-corrected chi connectivity index (χ0v) is 14.8. The smallest absolute Gasteiger partial charge is 0.198 e. The number of hydrogen-bond donors (Lipinski definition) is 0. The van der Waals surface area contributed by atoms with Crippen molar-refractivity contribution in [1.29, 1.82) is 0 Å². The molecule has 1 aliphatic heterocycles. The molecule has 0 N–H and O–H groups in total. The summed E-state index contributed by atoms with van der Waals surface area (Å²) in [7, 11) is -12.3. The molecule has 0 amide bonds. The van der Waals surface area contributed by atoms with E-state index in [1.807, 2.05) is 0 Å². The van der Waals surface area contributed by atoms with Crippen molar-refractivity contribution in [2.45, 2.75) is 26.7 Å². The number of fused-ring (bicyclic) bond motifs is 3. The minimum Gasteiger partial charge on any atom is -0.198 e. The van der Waals surface area contributed by atoms with Crippen LogP contribution in [-0.4, -0.2) is 25.4 Å². The molecule has 0 saturated heterocycles. The van der Waals surface area contributed by atoms with E-state index >= 15 is 0 Å². The molecule has 0 radical (unpaired) electrons. The van der Waals surface area contributed by atoms with Crippen LogP contribution < -0.4 is 0 Å². The van der Waals surface area contributed by atoms with E-state index in [1.165, 1.54) is 12.1 Å². The lowest BCUT2D eigenvalue weighted by Crippen LogP contribution is -2.43. The fraction of sp³-hybridized carbons (Fsp3) is 0.200. The van der Waals surface area contributed by atoms with Crippen molar-refractivity contribution in [2.75, 3.05) is 0 Å². The molecule has 28 heavy (non-hydrogen) atoms. The molecule has 154 valence electrons. The summed E-state index contributed by atoms with van der Waals surface area (Å²) in [4.78, 5) is -1.93. The number of hydrogen-bond acceptors (Lipinski definition) is 3. The lowest BCUT2D eigenvalue weighted by Gasteiger charge is -2.42. The predicted octanol–water partition coefficient (Wildman–Crippen LogP) is 5.83. The van der Waals surface area contributed by atoms with Gasteiger partial charge >= 0.3 is 27.1 Å². The van der Waals surface area contributed by atoms with Crippen LogP contribution in [0.3, 0.4) is 0 Å². The Morgan fingerprint density at radius 3 is 1.46 bits per heavy atom. The summed E-state index contributed by atoms with van der Waals surface area (Å²) < 4.78 is 135. The zero-order chi connectivity index (χ0) is 21.2. The van der Waals surface area contributed by atoms with E-state index in [4.69, 9.17) is 0 Å². The van der Waals surface area contributed by atoms with E-state index in [0.29, 0.717) is 12.1 Å². The van der Waals surface area contributed by atoms with Crippen LogP contribution in [0, 0.1) is 0 Å². The number of benzene rings is 2. The van der Waals surface area contributed by atoms with E-state index in [2.05, 4.69) is 3.63 Å². The number of halogens is 8. The molecule has 3 rings (SSSR count). The zero-order valence-electron chi connectivity index (χ0n) is 13.2. The minimum atomic E-state index is -6.81. The van der Waals surface area contributed by atoms with Crippen molar-refractivity contribution in [3.05, 3.63) is 48.5 Å². The Bertz CT molecular complexity index is 983. The third-order valence-electron chi connectivity index (χ3n) is 3.85. The van der Waals surface area contributed by atoms with Crippen molar-refractivity contribution in [2.24, 2.45) is 0 Å². The Hall–Kier alpha value is -1.86. The fourth-order valence-corrected chi connectivity index (χ4v) is 7.67. The highest BCUT2D eigenvalue weighted by atomic mass is 32.3. The van der Waals surface area contributed by atoms with Gasteiger partial charge in [-0.15, -0.1) is 0 Å². The highest BCUT2D eigenvalue weighted by molar-refractivity contribution is 8.34. The Morgan fingerprint density at radius 1 is 0.714 bits per heavy atom. The first-order valence-electron chi connectivity index (χ1n) is 7.15. The summed E-state index contributed by atoms with van der Waals surface area (Å²) in [5.74, 6) is 0. The van der Waals surface area contributed by atoms with Gasteiger partial charge in [0.1, 0.15) is 0 Å². The van der Waals surface area contributed by atoms with Crippen LogP contribution >= 0.6 is 10.3 Å². The van der Waals surface area contributed by atoms with Crippen LogP contribution in [0.1, 0.15) is 0 Å². The molecule has 0 fully saturated rings. The first-order valence-corrected chi connectivity index (χ1v) is 10.1. The van der Waals surface area contributed by atoms with E-state index in [1.54, 1.807) is 0 Å². The normalized spacial score (nSPS) is 17.7. The molecule has 2 aromatic rings. The summed E-state index contributed by atoms with van der Waals surface area (Å²) >= 11 is 0. The molecule has 0 saturated carbocycles. The second-order valence-corrected chi connectivity index (χ2v) is 9.95. The van der Waals surface area contributed by atoms with Gasteiger partial charge in [0.15, 0.2) is 0 Å². The van der Waals surface area contributed by atoms with Crippen molar-refractivity contribution >= 4 is 20.4 Å².